The Balaban J connectivity index is 1.27. The van der Waals surface area contributed by atoms with Gasteiger partial charge >= 0.3 is 6.03 Å². The first-order chi connectivity index (χ1) is 15.9. The highest BCUT2D eigenvalue weighted by molar-refractivity contribution is 7.89. The van der Waals surface area contributed by atoms with Crippen molar-refractivity contribution in [1.29, 1.82) is 0 Å². The molecule has 2 aromatic carbocycles. The van der Waals surface area contributed by atoms with Crippen molar-refractivity contribution in [1.82, 2.24) is 19.4 Å². The first-order valence-corrected chi connectivity index (χ1v) is 12.9. The molecule has 2 aliphatic heterocycles. The smallest absolute Gasteiger partial charge is 0.317 e. The number of amides is 2. The average molecular weight is 475 g/mol. The van der Waals surface area contributed by atoms with Crippen LogP contribution in [0.4, 0.5) is 9.18 Å². The largest absolute Gasteiger partial charge is 0.334 e. The molecule has 33 heavy (non-hydrogen) atoms. The van der Waals surface area contributed by atoms with Gasteiger partial charge in [0, 0.05) is 39.3 Å². The number of halogens is 1. The molecule has 9 heteroatoms. The van der Waals surface area contributed by atoms with E-state index < -0.39 is 15.8 Å². The van der Waals surface area contributed by atoms with E-state index in [4.69, 9.17) is 0 Å². The summed E-state index contributed by atoms with van der Waals surface area (Å²) in [5.41, 5.74) is 2.31. The molecule has 2 amide bonds. The zero-order valence-corrected chi connectivity index (χ0v) is 19.6. The fourth-order valence-electron chi connectivity index (χ4n) is 4.34. The van der Waals surface area contributed by atoms with Crippen molar-refractivity contribution >= 4 is 16.1 Å². The second kappa shape index (κ2) is 10.6. The van der Waals surface area contributed by atoms with Gasteiger partial charge in [0.2, 0.25) is 10.0 Å². The van der Waals surface area contributed by atoms with Gasteiger partial charge in [-0.05, 0) is 67.7 Å². The molecule has 0 spiro atoms. The molecule has 178 valence electrons. The number of rotatable bonds is 6. The third kappa shape index (κ3) is 6.10. The summed E-state index contributed by atoms with van der Waals surface area (Å²) in [5, 5.41) is 2.95. The Morgan fingerprint density at radius 2 is 1.48 bits per heavy atom. The number of carbonyl (C=O) groups excluding carboxylic acids is 1. The minimum atomic E-state index is -3.71. The molecule has 0 bridgehead atoms. The van der Waals surface area contributed by atoms with Gasteiger partial charge in [-0.3, -0.25) is 4.90 Å². The summed E-state index contributed by atoms with van der Waals surface area (Å²) in [6.07, 6.45) is 3.09. The van der Waals surface area contributed by atoms with Crippen LogP contribution >= 0.6 is 0 Å². The zero-order valence-electron chi connectivity index (χ0n) is 18.7. The van der Waals surface area contributed by atoms with E-state index >= 15 is 0 Å². The van der Waals surface area contributed by atoms with Crippen molar-refractivity contribution in [3.63, 3.8) is 0 Å². The molecule has 2 saturated heterocycles. The van der Waals surface area contributed by atoms with E-state index in [2.05, 4.69) is 22.3 Å². The van der Waals surface area contributed by atoms with Crippen LogP contribution in [0.15, 0.2) is 53.4 Å². The van der Waals surface area contributed by atoms with Crippen molar-refractivity contribution in [2.24, 2.45) is 0 Å². The molecule has 1 N–H and O–H groups in total. The van der Waals surface area contributed by atoms with Crippen LogP contribution in [-0.2, 0) is 23.1 Å². The normalized spacial score (nSPS) is 18.3. The summed E-state index contributed by atoms with van der Waals surface area (Å²) < 4.78 is 40.2. The summed E-state index contributed by atoms with van der Waals surface area (Å²) in [6, 6.07) is 13.0. The third-order valence-corrected chi connectivity index (χ3v) is 8.18. The highest BCUT2D eigenvalue weighted by Gasteiger charge is 2.28. The molecular formula is C24H31FN4O3S. The molecule has 2 fully saturated rings. The van der Waals surface area contributed by atoms with Crippen LogP contribution in [0, 0.1) is 5.82 Å². The number of nitrogens with zero attached hydrogens (tertiary/aromatic N) is 3. The minimum absolute atomic E-state index is 0.0648. The van der Waals surface area contributed by atoms with Crippen LogP contribution in [0.5, 0.6) is 0 Å². The second-order valence-electron chi connectivity index (χ2n) is 8.66. The van der Waals surface area contributed by atoms with Crippen molar-refractivity contribution in [3.8, 4) is 0 Å². The van der Waals surface area contributed by atoms with Crippen LogP contribution in [0.1, 0.15) is 30.4 Å². The molecule has 0 aromatic heterocycles. The van der Waals surface area contributed by atoms with Crippen LogP contribution in [0.2, 0.25) is 0 Å². The number of benzene rings is 2. The number of likely N-dealkylation sites (tertiary alicyclic amines) is 1. The molecular weight excluding hydrogens is 443 g/mol. The number of nitrogens with one attached hydrogen (secondary N) is 1. The van der Waals surface area contributed by atoms with Crippen molar-refractivity contribution in [3.05, 3.63) is 65.5 Å². The van der Waals surface area contributed by atoms with Gasteiger partial charge in [0.15, 0.2) is 0 Å². The number of urea groups is 1. The lowest BCUT2D eigenvalue weighted by atomic mass is 10.1. The summed E-state index contributed by atoms with van der Waals surface area (Å²) in [7, 11) is -3.71. The van der Waals surface area contributed by atoms with Crippen LogP contribution < -0.4 is 5.32 Å². The molecule has 7 nitrogen and oxygen atoms in total. The Morgan fingerprint density at radius 1 is 0.818 bits per heavy atom. The van der Waals surface area contributed by atoms with E-state index in [1.165, 1.54) is 34.8 Å². The first-order valence-electron chi connectivity index (χ1n) is 11.5. The molecule has 0 saturated carbocycles. The van der Waals surface area contributed by atoms with Crippen LogP contribution in [0.25, 0.3) is 0 Å². The lowest BCUT2D eigenvalue weighted by Gasteiger charge is -2.22. The van der Waals surface area contributed by atoms with Gasteiger partial charge in [0.05, 0.1) is 4.90 Å². The summed E-state index contributed by atoms with van der Waals surface area (Å²) in [6.45, 7) is 5.04. The quantitative estimate of drug-likeness (QED) is 0.699. The molecule has 0 aliphatic carbocycles. The first kappa shape index (κ1) is 23.7. The minimum Gasteiger partial charge on any atom is -0.334 e. The van der Waals surface area contributed by atoms with Gasteiger partial charge < -0.3 is 10.2 Å². The predicted molar refractivity (Wildman–Crippen MR) is 125 cm³/mol. The molecule has 2 aromatic rings. The van der Waals surface area contributed by atoms with Gasteiger partial charge in [0.1, 0.15) is 5.82 Å². The van der Waals surface area contributed by atoms with Gasteiger partial charge in [-0.25, -0.2) is 17.6 Å². The maximum absolute atomic E-state index is 13.2. The average Bonchev–Trinajstić information content (AvgIpc) is 3.19. The Labute approximate surface area is 195 Å². The lowest BCUT2D eigenvalue weighted by Crippen LogP contribution is -2.42. The topological polar surface area (TPSA) is 73.0 Å². The molecule has 2 aliphatic rings. The number of carbonyl (C=O) groups is 1. The number of hydrogen-bond donors (Lipinski definition) is 1. The summed E-state index contributed by atoms with van der Waals surface area (Å²) in [5.74, 6) is -0.478. The Morgan fingerprint density at radius 3 is 2.18 bits per heavy atom. The maximum Gasteiger partial charge on any atom is 0.317 e. The van der Waals surface area contributed by atoms with Gasteiger partial charge in [-0.15, -0.1) is 0 Å². The van der Waals surface area contributed by atoms with E-state index in [-0.39, 0.29) is 17.5 Å². The zero-order chi connectivity index (χ0) is 23.3. The van der Waals surface area contributed by atoms with E-state index in [1.54, 1.807) is 4.90 Å². The van der Waals surface area contributed by atoms with Crippen molar-refractivity contribution in [2.45, 2.75) is 37.2 Å². The SMILES string of the molecule is O=C(NCc1ccc(CN2CCCC2)cc1)N1CCCN(S(=O)(=O)c2ccc(F)cc2)CC1. The van der Waals surface area contributed by atoms with Crippen molar-refractivity contribution < 1.29 is 17.6 Å². The molecule has 0 unspecified atom stereocenters. The highest BCUT2D eigenvalue weighted by atomic mass is 32.2. The number of hydrogen-bond acceptors (Lipinski definition) is 4. The Hall–Kier alpha value is -2.49. The molecule has 0 atom stereocenters. The second-order valence-corrected chi connectivity index (χ2v) is 10.6. The Bertz CT molecular complexity index is 1040. The van der Waals surface area contributed by atoms with Crippen LogP contribution in [0.3, 0.4) is 0 Å². The van der Waals surface area contributed by atoms with Crippen LogP contribution in [-0.4, -0.2) is 67.8 Å². The van der Waals surface area contributed by atoms with E-state index in [0.717, 1.165) is 37.3 Å². The predicted octanol–water partition coefficient (Wildman–Crippen LogP) is 3.03. The third-order valence-electron chi connectivity index (χ3n) is 6.27. The molecule has 0 radical (unpaired) electrons. The summed E-state index contributed by atoms with van der Waals surface area (Å²) in [4.78, 5) is 16.9. The monoisotopic (exact) mass is 474 g/mol. The standard InChI is InChI=1S/C24H31FN4O3S/c25-22-8-10-23(11-9-22)33(31,32)29-15-3-14-28(16-17-29)24(30)26-18-20-4-6-21(7-5-20)19-27-12-1-2-13-27/h4-11H,1-3,12-19H2,(H,26,30). The molecule has 2 heterocycles. The van der Waals surface area contributed by atoms with Gasteiger partial charge in [0.25, 0.3) is 0 Å². The Kier molecular flexibility index (Phi) is 7.62. The fourth-order valence-corrected chi connectivity index (χ4v) is 5.81. The van der Waals surface area contributed by atoms with E-state index in [9.17, 15) is 17.6 Å². The van der Waals surface area contributed by atoms with Gasteiger partial charge in [-0.2, -0.15) is 4.31 Å². The fraction of sp³-hybridized carbons (Fsp3) is 0.458. The summed E-state index contributed by atoms with van der Waals surface area (Å²) >= 11 is 0. The number of sulfonamides is 1. The maximum atomic E-state index is 13.2. The molecule has 4 rings (SSSR count). The van der Waals surface area contributed by atoms with E-state index in [0.29, 0.717) is 32.6 Å². The van der Waals surface area contributed by atoms with Crippen molar-refractivity contribution in [2.75, 3.05) is 39.3 Å². The van der Waals surface area contributed by atoms with E-state index in [1.807, 2.05) is 12.1 Å². The highest BCUT2D eigenvalue weighted by Crippen LogP contribution is 2.18. The van der Waals surface area contributed by atoms with Gasteiger partial charge in [-0.1, -0.05) is 24.3 Å². The lowest BCUT2D eigenvalue weighted by molar-refractivity contribution is 0.200.